The summed E-state index contributed by atoms with van der Waals surface area (Å²) in [5, 5.41) is 36.6. The summed E-state index contributed by atoms with van der Waals surface area (Å²) in [5.74, 6) is 0. The first-order valence-electron chi connectivity index (χ1n) is 34.1. The molecule has 0 aliphatic rings. The minimum Gasteiger partial charge on any atom is -0.374 e. The highest BCUT2D eigenvalue weighted by molar-refractivity contribution is 6.61. The van der Waals surface area contributed by atoms with Gasteiger partial charge in [0.25, 0.3) is 0 Å². The van der Waals surface area contributed by atoms with E-state index in [-0.39, 0.29) is 0 Å². The Labute approximate surface area is 562 Å². The van der Waals surface area contributed by atoms with Gasteiger partial charge in [-0.1, -0.05) is 69.4 Å². The van der Waals surface area contributed by atoms with Crippen molar-refractivity contribution in [2.75, 3.05) is 89.1 Å². The Balaban J connectivity index is 1.15. The molecule has 0 N–H and O–H groups in total. The van der Waals surface area contributed by atoms with Crippen LogP contribution in [0.2, 0.25) is 24.2 Å². The van der Waals surface area contributed by atoms with Gasteiger partial charge in [-0.2, -0.15) is 0 Å². The lowest BCUT2D eigenvalue weighted by atomic mass is 10.1. The number of hydrogen-bond acceptors (Lipinski definition) is 22. The fraction of sp³-hybridized carbons (Fsp3) is 0.625. The molecule has 94 heavy (non-hydrogen) atoms. The lowest BCUT2D eigenvalue weighted by Crippen LogP contribution is -2.46. The summed E-state index contributed by atoms with van der Waals surface area (Å²) >= 11 is 0. The first-order valence-corrected chi connectivity index (χ1v) is 41.8. The molecule has 522 valence electrons. The lowest BCUT2D eigenvalue weighted by molar-refractivity contribution is 0.0696. The number of aryl methyl sites for hydroxylation is 4. The van der Waals surface area contributed by atoms with E-state index < -0.39 is 35.2 Å². The molecule has 0 saturated heterocycles. The number of rotatable bonds is 53. The van der Waals surface area contributed by atoms with Crippen molar-refractivity contribution in [3.8, 4) is 0 Å². The highest BCUT2D eigenvalue weighted by atomic mass is 28.4. The highest BCUT2D eigenvalue weighted by Gasteiger charge is 2.42. The number of anilines is 2. The normalized spacial score (nSPS) is 12.6. The first-order chi connectivity index (χ1) is 45.8. The smallest absolute Gasteiger partial charge is 0.374 e. The van der Waals surface area contributed by atoms with Gasteiger partial charge in [0.05, 0.1) is 51.0 Å². The molecule has 0 unspecified atom stereocenters. The minimum absolute atomic E-state index is 0.497. The summed E-state index contributed by atoms with van der Waals surface area (Å²) in [7, 11) is -11.2. The maximum Gasteiger partial charge on any atom is 0.500 e. The van der Waals surface area contributed by atoms with Gasteiger partial charge in [0, 0.05) is 141 Å². The Kier molecular flexibility index (Phi) is 34.8. The third-order valence-corrected chi connectivity index (χ3v) is 27.4. The maximum atomic E-state index is 6.11. The van der Waals surface area contributed by atoms with Gasteiger partial charge in [-0.25, -0.2) is 0 Å². The fourth-order valence-electron chi connectivity index (χ4n) is 11.1. The van der Waals surface area contributed by atoms with Crippen LogP contribution in [0.3, 0.4) is 0 Å². The van der Waals surface area contributed by atoms with E-state index in [4.69, 9.17) is 53.1 Å². The molecule has 0 aliphatic heterocycles. The van der Waals surface area contributed by atoms with Crippen molar-refractivity contribution in [1.82, 2.24) is 60.0 Å². The average molecular weight is 1380 g/mol. The van der Waals surface area contributed by atoms with Crippen molar-refractivity contribution in [2.45, 2.75) is 185 Å². The van der Waals surface area contributed by atoms with Crippen LogP contribution < -0.4 is 9.80 Å². The van der Waals surface area contributed by atoms with Crippen LogP contribution in [0, 0.1) is 0 Å². The molecule has 0 bridgehead atoms. The van der Waals surface area contributed by atoms with Crippen LogP contribution in [0.15, 0.2) is 85.5 Å². The van der Waals surface area contributed by atoms with Crippen LogP contribution in [0.5, 0.6) is 0 Å². The predicted molar refractivity (Wildman–Crippen MR) is 371 cm³/mol. The van der Waals surface area contributed by atoms with E-state index in [1.807, 2.05) is 127 Å². The van der Waals surface area contributed by atoms with Gasteiger partial charge in [-0.3, -0.25) is 18.7 Å². The van der Waals surface area contributed by atoms with E-state index >= 15 is 0 Å². The van der Waals surface area contributed by atoms with E-state index in [1.165, 1.54) is 0 Å². The number of allylic oxidation sites excluding steroid dienone is 2. The van der Waals surface area contributed by atoms with E-state index in [0.29, 0.717) is 156 Å². The second kappa shape index (κ2) is 42.2. The molecule has 6 aromatic rings. The van der Waals surface area contributed by atoms with E-state index in [2.05, 4.69) is 124 Å². The summed E-state index contributed by atoms with van der Waals surface area (Å²) in [6.07, 6.45) is 19.5. The summed E-state index contributed by atoms with van der Waals surface area (Å²) < 4.78 is 80.8. The van der Waals surface area contributed by atoms with Crippen LogP contribution in [0.4, 0.5) is 11.4 Å². The fourth-order valence-corrected chi connectivity index (χ4v) is 21.5. The third-order valence-electron chi connectivity index (χ3n) is 14.8. The topological polar surface area (TPSA) is 240 Å². The predicted octanol–water partition coefficient (Wildman–Crippen LogP) is 10.9. The van der Waals surface area contributed by atoms with Crippen molar-refractivity contribution in [2.24, 2.45) is 0 Å². The third kappa shape index (κ3) is 25.5. The molecule has 0 spiro atoms. The van der Waals surface area contributed by atoms with Crippen molar-refractivity contribution in [3.63, 3.8) is 0 Å². The van der Waals surface area contributed by atoms with Gasteiger partial charge in [0.2, 0.25) is 0 Å². The summed E-state index contributed by atoms with van der Waals surface area (Å²) in [5.41, 5.74) is 7.42. The van der Waals surface area contributed by atoms with Crippen LogP contribution in [-0.4, -0.2) is 174 Å². The van der Waals surface area contributed by atoms with Crippen LogP contribution in [0.25, 0.3) is 12.2 Å². The monoisotopic (exact) mass is 1380 g/mol. The Morgan fingerprint density at radius 3 is 0.702 bits per heavy atom. The van der Waals surface area contributed by atoms with Gasteiger partial charge >= 0.3 is 35.2 Å². The van der Waals surface area contributed by atoms with Crippen molar-refractivity contribution >= 4 is 58.7 Å². The molecule has 6 rings (SSSR count). The molecular formula is C64H108N14O12Si4. The summed E-state index contributed by atoms with van der Waals surface area (Å²) in [6, 6.07) is 19.8. The van der Waals surface area contributed by atoms with Crippen molar-refractivity contribution < 1.29 is 53.1 Å². The Bertz CT molecular complexity index is 2630. The quantitative estimate of drug-likeness (QED) is 0.0255. The second-order valence-corrected chi connectivity index (χ2v) is 32.8. The lowest BCUT2D eigenvalue weighted by Gasteiger charge is -2.28. The van der Waals surface area contributed by atoms with E-state index in [9.17, 15) is 0 Å². The summed E-state index contributed by atoms with van der Waals surface area (Å²) in [4.78, 5) is 4.49. The number of aromatic nitrogens is 12. The van der Waals surface area contributed by atoms with Crippen molar-refractivity contribution in [3.05, 3.63) is 119 Å². The molecule has 30 heteroatoms. The molecule has 4 heterocycles. The molecule has 26 nitrogen and oxygen atoms in total. The Hall–Kier alpha value is -5.53. The number of hydrogen-bond donors (Lipinski definition) is 0. The zero-order valence-corrected chi connectivity index (χ0v) is 62.2. The largest absolute Gasteiger partial charge is 0.500 e. The zero-order chi connectivity index (χ0) is 67.3. The molecule has 0 amide bonds. The second-order valence-electron chi connectivity index (χ2n) is 21.8. The number of benzene rings is 2. The van der Waals surface area contributed by atoms with Gasteiger partial charge in [0.15, 0.2) is 0 Å². The minimum atomic E-state index is -2.79. The standard InChI is InChI=1S/C64H108N14O12Si4/c1-13-79-91(80-14-2,81-15-3)45-27-41-75-53-59(65-69-75)49-73(50-60-54-76(70-66-60)42-28-46-92(82-16-4,83-17-5)84-18-6)63-37-33-57(34-38-63)31-25-26-32-58-35-39-64(40-36-58)74(51-61-55-77(71-67-61)43-29-47-93(85-19-7,86-20-8)87-21-9)52-62-56-78(72-68-62)44-30-48-94(88-22-10,89-23-11)90-24-12/h25-26,31-40,53-56H,13-24,27-30,41-52H2,1-12H3/b31-25+,32-26+. The highest BCUT2D eigenvalue weighted by Crippen LogP contribution is 2.27. The molecule has 4 aromatic heterocycles. The van der Waals surface area contributed by atoms with Crippen LogP contribution >= 0.6 is 0 Å². The van der Waals surface area contributed by atoms with E-state index in [1.54, 1.807) is 0 Å². The van der Waals surface area contributed by atoms with Gasteiger partial charge in [0.1, 0.15) is 22.8 Å². The molecule has 0 fully saturated rings. The van der Waals surface area contributed by atoms with Gasteiger partial charge < -0.3 is 62.9 Å². The van der Waals surface area contributed by atoms with Crippen LogP contribution in [0.1, 0.15) is 143 Å². The average Bonchev–Trinajstić information content (AvgIpc) is 1.79. The Morgan fingerprint density at radius 1 is 0.309 bits per heavy atom. The molecule has 2 aromatic carbocycles. The SMILES string of the molecule is CCO[Si](CCCn1cc(CN(Cc2cn(CCC[Si](OCC)(OCC)OCC)nn2)c2ccc(/C=C/C=C/c3ccc(N(Cc4cn(CCC[Si](OCC)(OCC)OCC)nn4)Cc4cn(CCC[Si](OCC)(OCC)OCC)nn4)cc3)cc2)nn1)(OCC)OCC. The molecule has 0 atom stereocenters. The van der Waals surface area contributed by atoms with Crippen LogP contribution in [-0.2, 0) is 105 Å². The maximum absolute atomic E-state index is 6.11. The van der Waals surface area contributed by atoms with Gasteiger partial charge in [-0.15, -0.1) is 20.4 Å². The van der Waals surface area contributed by atoms with E-state index in [0.717, 1.165) is 71.0 Å². The molecule has 0 aliphatic carbocycles. The summed E-state index contributed by atoms with van der Waals surface area (Å²) in [6.45, 7) is 34.7. The molecule has 0 radical (unpaired) electrons. The molecular weight excluding hydrogens is 1270 g/mol. The Morgan fingerprint density at radius 2 is 0.511 bits per heavy atom. The number of nitrogens with zero attached hydrogens (tertiary/aromatic N) is 14. The first kappa shape index (κ1) is 77.5. The van der Waals surface area contributed by atoms with Crippen molar-refractivity contribution in [1.29, 1.82) is 0 Å². The molecule has 0 saturated carbocycles. The zero-order valence-electron chi connectivity index (χ0n) is 58.2. The van der Waals surface area contributed by atoms with Gasteiger partial charge in [-0.05, 0) is 144 Å².